The van der Waals surface area contributed by atoms with Crippen molar-refractivity contribution in [3.63, 3.8) is 0 Å². The maximum absolute atomic E-state index is 6.29. The average molecular weight is 359 g/mol. The van der Waals surface area contributed by atoms with Crippen LogP contribution < -0.4 is 4.90 Å². The maximum Gasteiger partial charge on any atom is 0.0642 e. The summed E-state index contributed by atoms with van der Waals surface area (Å²) >= 11 is 15.6. The molecule has 1 nitrogen and oxygen atoms in total. The standard InChI is InChI=1S/C15H14BrCl2N/c1-19(10-12-3-2-4-13(16)7-12)15-6-5-11(9-17)8-14(15)18/h2-8H,9-10H2,1H3. The van der Waals surface area contributed by atoms with Crippen molar-refractivity contribution < 1.29 is 0 Å². The van der Waals surface area contributed by atoms with Crippen molar-refractivity contribution in [2.24, 2.45) is 0 Å². The Morgan fingerprint density at radius 1 is 1.11 bits per heavy atom. The molecule has 0 amide bonds. The Balaban J connectivity index is 2.18. The maximum atomic E-state index is 6.29. The SMILES string of the molecule is CN(Cc1cccc(Br)c1)c1ccc(CCl)cc1Cl. The summed E-state index contributed by atoms with van der Waals surface area (Å²) in [5.74, 6) is 0.481. The van der Waals surface area contributed by atoms with E-state index in [2.05, 4.69) is 33.0 Å². The number of anilines is 1. The van der Waals surface area contributed by atoms with Crippen LogP contribution >= 0.6 is 39.1 Å². The van der Waals surface area contributed by atoms with Crippen molar-refractivity contribution in [1.82, 2.24) is 0 Å². The van der Waals surface area contributed by atoms with Crippen LogP contribution in [0.3, 0.4) is 0 Å². The second-order valence-electron chi connectivity index (χ2n) is 4.41. The summed E-state index contributed by atoms with van der Waals surface area (Å²) in [7, 11) is 2.03. The molecule has 0 unspecified atom stereocenters. The van der Waals surface area contributed by atoms with Gasteiger partial charge in [-0.05, 0) is 35.4 Å². The van der Waals surface area contributed by atoms with Gasteiger partial charge in [-0.15, -0.1) is 11.6 Å². The number of benzene rings is 2. The number of hydrogen-bond donors (Lipinski definition) is 0. The van der Waals surface area contributed by atoms with Crippen molar-refractivity contribution in [2.45, 2.75) is 12.4 Å². The predicted molar refractivity (Wildman–Crippen MR) is 87.3 cm³/mol. The molecule has 0 radical (unpaired) electrons. The lowest BCUT2D eigenvalue weighted by molar-refractivity contribution is 0.922. The van der Waals surface area contributed by atoms with E-state index in [0.29, 0.717) is 5.88 Å². The molecule has 0 saturated heterocycles. The molecule has 2 rings (SSSR count). The van der Waals surface area contributed by atoms with Crippen molar-refractivity contribution >= 4 is 44.8 Å². The number of nitrogens with zero attached hydrogens (tertiary/aromatic N) is 1. The zero-order chi connectivity index (χ0) is 13.8. The molecule has 2 aromatic carbocycles. The Hall–Kier alpha value is -0.700. The molecule has 0 aliphatic carbocycles. The third-order valence-electron chi connectivity index (χ3n) is 2.89. The van der Waals surface area contributed by atoms with Crippen LogP contribution in [-0.4, -0.2) is 7.05 Å². The number of halogens is 3. The van der Waals surface area contributed by atoms with Gasteiger partial charge in [0.1, 0.15) is 0 Å². The molecule has 0 fully saturated rings. The van der Waals surface area contributed by atoms with E-state index in [4.69, 9.17) is 23.2 Å². The Morgan fingerprint density at radius 2 is 1.89 bits per heavy atom. The Bertz CT molecular complexity index is 572. The lowest BCUT2D eigenvalue weighted by Crippen LogP contribution is -2.16. The fraction of sp³-hybridized carbons (Fsp3) is 0.200. The van der Waals surface area contributed by atoms with E-state index >= 15 is 0 Å². The predicted octanol–water partition coefficient (Wildman–Crippen LogP) is 5.48. The Morgan fingerprint density at radius 3 is 2.53 bits per heavy atom. The van der Waals surface area contributed by atoms with E-state index in [1.54, 1.807) is 0 Å². The normalized spacial score (nSPS) is 10.5. The van der Waals surface area contributed by atoms with Crippen molar-refractivity contribution in [1.29, 1.82) is 0 Å². The second-order valence-corrected chi connectivity index (χ2v) is 6.00. The highest BCUT2D eigenvalue weighted by Crippen LogP contribution is 2.28. The van der Waals surface area contributed by atoms with Gasteiger partial charge in [-0.1, -0.05) is 45.7 Å². The van der Waals surface area contributed by atoms with Gasteiger partial charge in [-0.3, -0.25) is 0 Å². The molecule has 0 N–H and O–H groups in total. The molecule has 100 valence electrons. The summed E-state index contributed by atoms with van der Waals surface area (Å²) in [5.41, 5.74) is 3.27. The fourth-order valence-electron chi connectivity index (χ4n) is 1.94. The highest BCUT2D eigenvalue weighted by Gasteiger charge is 2.07. The largest absolute Gasteiger partial charge is 0.369 e. The second kappa shape index (κ2) is 6.65. The molecule has 0 aromatic heterocycles. The topological polar surface area (TPSA) is 3.24 Å². The molecular weight excluding hydrogens is 345 g/mol. The molecule has 0 spiro atoms. The quantitative estimate of drug-likeness (QED) is 0.654. The van der Waals surface area contributed by atoms with Gasteiger partial charge in [0.25, 0.3) is 0 Å². The van der Waals surface area contributed by atoms with E-state index in [1.807, 2.05) is 37.4 Å². The number of rotatable bonds is 4. The van der Waals surface area contributed by atoms with Crippen LogP contribution in [0, 0.1) is 0 Å². The van der Waals surface area contributed by atoms with Gasteiger partial charge < -0.3 is 4.90 Å². The van der Waals surface area contributed by atoms with E-state index in [9.17, 15) is 0 Å². The lowest BCUT2D eigenvalue weighted by Gasteiger charge is -2.21. The smallest absolute Gasteiger partial charge is 0.0642 e. The van der Waals surface area contributed by atoms with Crippen LogP contribution in [0.2, 0.25) is 5.02 Å². The summed E-state index contributed by atoms with van der Waals surface area (Å²) in [6.07, 6.45) is 0. The lowest BCUT2D eigenvalue weighted by atomic mass is 10.2. The van der Waals surface area contributed by atoms with Crippen molar-refractivity contribution in [3.8, 4) is 0 Å². The molecule has 0 aliphatic rings. The Labute approximate surface area is 132 Å². The van der Waals surface area contributed by atoms with Crippen LogP contribution in [0.4, 0.5) is 5.69 Å². The summed E-state index contributed by atoms with van der Waals surface area (Å²) in [5, 5.41) is 0.732. The van der Waals surface area contributed by atoms with Gasteiger partial charge in [0.05, 0.1) is 10.7 Å². The molecule has 0 aliphatic heterocycles. The first kappa shape index (κ1) is 14.7. The van der Waals surface area contributed by atoms with Crippen LogP contribution in [0.15, 0.2) is 46.9 Å². The molecule has 4 heteroatoms. The van der Waals surface area contributed by atoms with Gasteiger partial charge in [0.15, 0.2) is 0 Å². The third-order valence-corrected chi connectivity index (χ3v) is 3.99. The summed E-state index contributed by atoms with van der Waals surface area (Å²) in [6.45, 7) is 0.805. The van der Waals surface area contributed by atoms with Gasteiger partial charge in [-0.2, -0.15) is 0 Å². The summed E-state index contributed by atoms with van der Waals surface area (Å²) in [6, 6.07) is 14.2. The van der Waals surface area contributed by atoms with E-state index < -0.39 is 0 Å². The first-order valence-corrected chi connectivity index (χ1v) is 7.60. The highest BCUT2D eigenvalue weighted by atomic mass is 79.9. The van der Waals surface area contributed by atoms with Gasteiger partial charge in [0, 0.05) is 23.9 Å². The van der Waals surface area contributed by atoms with E-state index in [-0.39, 0.29) is 0 Å². The minimum Gasteiger partial charge on any atom is -0.369 e. The highest BCUT2D eigenvalue weighted by molar-refractivity contribution is 9.10. The minimum atomic E-state index is 0.481. The van der Waals surface area contributed by atoms with Gasteiger partial charge >= 0.3 is 0 Å². The first-order chi connectivity index (χ1) is 9.10. The van der Waals surface area contributed by atoms with E-state index in [1.165, 1.54) is 5.56 Å². The molecule has 0 saturated carbocycles. The average Bonchev–Trinajstić information content (AvgIpc) is 2.38. The molecule has 19 heavy (non-hydrogen) atoms. The van der Waals surface area contributed by atoms with Gasteiger partial charge in [-0.25, -0.2) is 0 Å². The van der Waals surface area contributed by atoms with Crippen LogP contribution in [0.1, 0.15) is 11.1 Å². The number of hydrogen-bond acceptors (Lipinski definition) is 1. The van der Waals surface area contributed by atoms with Gasteiger partial charge in [0.2, 0.25) is 0 Å². The summed E-state index contributed by atoms with van der Waals surface area (Å²) < 4.78 is 1.09. The Kier molecular flexibility index (Phi) is 5.14. The zero-order valence-electron chi connectivity index (χ0n) is 10.5. The fourth-order valence-corrected chi connectivity index (χ4v) is 2.90. The van der Waals surface area contributed by atoms with E-state index in [0.717, 1.165) is 27.3 Å². The third kappa shape index (κ3) is 3.88. The molecule has 2 aromatic rings. The molecule has 0 bridgehead atoms. The van der Waals surface area contributed by atoms with Crippen LogP contribution in [0.5, 0.6) is 0 Å². The van der Waals surface area contributed by atoms with Crippen LogP contribution in [0.25, 0.3) is 0 Å². The minimum absolute atomic E-state index is 0.481. The monoisotopic (exact) mass is 357 g/mol. The van der Waals surface area contributed by atoms with Crippen LogP contribution in [-0.2, 0) is 12.4 Å². The number of alkyl halides is 1. The molecule has 0 atom stereocenters. The summed E-state index contributed by atoms with van der Waals surface area (Å²) in [4.78, 5) is 2.13. The van der Waals surface area contributed by atoms with Crippen molar-refractivity contribution in [3.05, 3.63) is 63.1 Å². The first-order valence-electron chi connectivity index (χ1n) is 5.90. The molecular formula is C15H14BrCl2N. The van der Waals surface area contributed by atoms with Crippen molar-refractivity contribution in [2.75, 3.05) is 11.9 Å². The molecule has 0 heterocycles. The zero-order valence-corrected chi connectivity index (χ0v) is 13.6.